The highest BCUT2D eigenvalue weighted by Gasteiger charge is 2.28. The molecule has 0 aliphatic heterocycles. The van der Waals surface area contributed by atoms with Crippen molar-refractivity contribution in [2.75, 3.05) is 13.2 Å². The molecular formula is C7H12NO5P. The fourth-order valence-corrected chi connectivity index (χ4v) is 1.38. The molecule has 0 aliphatic carbocycles. The standard InChI is InChI=1S/C7H12NO5P/c1-3-12-6(5-8)7(13-4-2)14(9,10)11/h3-4H2,1-2H3,(H2,9,10,11)/b7-6+. The fourth-order valence-electron chi connectivity index (χ4n) is 0.705. The lowest BCUT2D eigenvalue weighted by Gasteiger charge is -2.11. The maximum absolute atomic E-state index is 10.9. The molecule has 0 aromatic rings. The van der Waals surface area contributed by atoms with Crippen LogP contribution in [0.15, 0.2) is 11.3 Å². The number of ether oxygens (including phenoxy) is 2. The lowest BCUT2D eigenvalue weighted by atomic mass is 10.6. The molecule has 2 N–H and O–H groups in total. The van der Waals surface area contributed by atoms with Crippen LogP contribution in [0, 0.1) is 11.3 Å². The van der Waals surface area contributed by atoms with Gasteiger partial charge in [0.05, 0.1) is 13.2 Å². The Hall–Kier alpha value is -1.02. The Morgan fingerprint density at radius 1 is 1.36 bits per heavy atom. The van der Waals surface area contributed by atoms with E-state index in [0.29, 0.717) is 0 Å². The molecule has 0 atom stereocenters. The van der Waals surface area contributed by atoms with Gasteiger partial charge >= 0.3 is 7.60 Å². The monoisotopic (exact) mass is 221 g/mol. The minimum absolute atomic E-state index is 0.0543. The average Bonchev–Trinajstić information content (AvgIpc) is 2.09. The summed E-state index contributed by atoms with van der Waals surface area (Å²) in [6.45, 7) is 3.34. The van der Waals surface area contributed by atoms with Gasteiger partial charge in [0.25, 0.3) is 5.50 Å². The quantitative estimate of drug-likeness (QED) is 0.407. The molecule has 0 aromatic carbocycles. The zero-order chi connectivity index (χ0) is 11.2. The first-order valence-corrected chi connectivity index (χ1v) is 5.54. The summed E-state index contributed by atoms with van der Waals surface area (Å²) >= 11 is 0. The first kappa shape index (κ1) is 13.0. The molecular weight excluding hydrogens is 209 g/mol. The van der Waals surface area contributed by atoms with Crippen LogP contribution in [-0.2, 0) is 14.0 Å². The van der Waals surface area contributed by atoms with Crippen molar-refractivity contribution in [2.24, 2.45) is 0 Å². The molecule has 0 unspecified atom stereocenters. The molecule has 7 heteroatoms. The topological polar surface area (TPSA) is 99.8 Å². The molecule has 0 spiro atoms. The van der Waals surface area contributed by atoms with Gasteiger partial charge in [-0.1, -0.05) is 0 Å². The molecule has 0 rings (SSSR count). The summed E-state index contributed by atoms with van der Waals surface area (Å²) in [4.78, 5) is 17.7. The minimum Gasteiger partial charge on any atom is -0.483 e. The van der Waals surface area contributed by atoms with Crippen LogP contribution in [0.5, 0.6) is 0 Å². The summed E-state index contributed by atoms with van der Waals surface area (Å²) in [7, 11) is -4.58. The van der Waals surface area contributed by atoms with Gasteiger partial charge in [-0.3, -0.25) is 4.57 Å². The molecule has 0 aliphatic rings. The van der Waals surface area contributed by atoms with Crippen molar-refractivity contribution in [1.29, 1.82) is 5.26 Å². The third-order valence-electron chi connectivity index (χ3n) is 1.13. The Kier molecular flexibility index (Phi) is 5.24. The van der Waals surface area contributed by atoms with Crippen LogP contribution in [0.2, 0.25) is 0 Å². The summed E-state index contributed by atoms with van der Waals surface area (Å²) in [6, 6.07) is 1.53. The van der Waals surface area contributed by atoms with Crippen LogP contribution < -0.4 is 0 Å². The molecule has 0 heterocycles. The molecule has 0 saturated carbocycles. The molecule has 0 radical (unpaired) electrons. The molecule has 0 amide bonds. The third kappa shape index (κ3) is 3.79. The minimum atomic E-state index is -4.58. The summed E-state index contributed by atoms with van der Waals surface area (Å²) in [6.07, 6.45) is 0. The van der Waals surface area contributed by atoms with Crippen molar-refractivity contribution >= 4 is 7.60 Å². The lowest BCUT2D eigenvalue weighted by molar-refractivity contribution is 0.182. The van der Waals surface area contributed by atoms with E-state index in [9.17, 15) is 4.57 Å². The largest absolute Gasteiger partial charge is 0.483 e. The average molecular weight is 221 g/mol. The van der Waals surface area contributed by atoms with E-state index in [-0.39, 0.29) is 13.2 Å². The highest BCUT2D eigenvalue weighted by molar-refractivity contribution is 7.56. The van der Waals surface area contributed by atoms with Crippen molar-refractivity contribution in [2.45, 2.75) is 13.8 Å². The smallest absolute Gasteiger partial charge is 0.395 e. The van der Waals surface area contributed by atoms with Gasteiger partial charge in [0.1, 0.15) is 6.07 Å². The SMILES string of the molecule is CCO/C(C#N)=C(\OCC)P(=O)(O)O. The van der Waals surface area contributed by atoms with Gasteiger partial charge < -0.3 is 19.3 Å². The molecule has 0 aromatic heterocycles. The third-order valence-corrected chi connectivity index (χ3v) is 1.99. The summed E-state index contributed by atoms with van der Waals surface area (Å²) in [5.41, 5.74) is -0.704. The highest BCUT2D eigenvalue weighted by Crippen LogP contribution is 2.47. The summed E-state index contributed by atoms with van der Waals surface area (Å²) in [5, 5.41) is 8.56. The summed E-state index contributed by atoms with van der Waals surface area (Å²) in [5.74, 6) is -0.470. The van der Waals surface area contributed by atoms with Crippen LogP contribution >= 0.6 is 7.60 Å². The number of nitrogens with zero attached hydrogens (tertiary/aromatic N) is 1. The second-order valence-corrected chi connectivity index (χ2v) is 3.65. The zero-order valence-corrected chi connectivity index (χ0v) is 8.82. The van der Waals surface area contributed by atoms with Crippen molar-refractivity contribution < 1.29 is 23.8 Å². The Morgan fingerprint density at radius 3 is 2.14 bits per heavy atom. The van der Waals surface area contributed by atoms with E-state index in [4.69, 9.17) is 19.8 Å². The predicted octanol–water partition coefficient (Wildman–Crippen LogP) is 0.930. The maximum Gasteiger partial charge on any atom is 0.395 e. The first-order valence-electron chi connectivity index (χ1n) is 3.93. The van der Waals surface area contributed by atoms with Gasteiger partial charge in [0, 0.05) is 0 Å². The van der Waals surface area contributed by atoms with E-state index >= 15 is 0 Å². The van der Waals surface area contributed by atoms with Gasteiger partial charge in [0.15, 0.2) is 0 Å². The van der Waals surface area contributed by atoms with Crippen LogP contribution in [0.4, 0.5) is 0 Å². The lowest BCUT2D eigenvalue weighted by Crippen LogP contribution is -2.01. The van der Waals surface area contributed by atoms with Gasteiger partial charge in [-0.2, -0.15) is 5.26 Å². The van der Waals surface area contributed by atoms with Gasteiger partial charge in [0.2, 0.25) is 5.76 Å². The second kappa shape index (κ2) is 5.66. The first-order chi connectivity index (χ1) is 6.47. The Balaban J connectivity index is 5.12. The van der Waals surface area contributed by atoms with E-state index in [1.54, 1.807) is 13.8 Å². The number of rotatable bonds is 5. The van der Waals surface area contributed by atoms with Gasteiger partial charge in [-0.25, -0.2) is 0 Å². The van der Waals surface area contributed by atoms with Crippen LogP contribution in [0.25, 0.3) is 0 Å². The van der Waals surface area contributed by atoms with Crippen molar-refractivity contribution in [3.05, 3.63) is 11.3 Å². The maximum atomic E-state index is 10.9. The van der Waals surface area contributed by atoms with E-state index in [2.05, 4.69) is 4.74 Å². The van der Waals surface area contributed by atoms with Crippen molar-refractivity contribution in [3.8, 4) is 6.07 Å². The van der Waals surface area contributed by atoms with Crippen molar-refractivity contribution in [1.82, 2.24) is 0 Å². The van der Waals surface area contributed by atoms with E-state index in [0.717, 1.165) is 0 Å². The normalized spacial score (nSPS) is 12.8. The molecule has 80 valence electrons. The van der Waals surface area contributed by atoms with Crippen LogP contribution in [-0.4, -0.2) is 23.0 Å². The van der Waals surface area contributed by atoms with Crippen LogP contribution in [0.3, 0.4) is 0 Å². The number of nitriles is 1. The zero-order valence-electron chi connectivity index (χ0n) is 7.93. The van der Waals surface area contributed by atoms with E-state index < -0.39 is 18.9 Å². The van der Waals surface area contributed by atoms with Crippen molar-refractivity contribution in [3.63, 3.8) is 0 Å². The molecule has 0 bridgehead atoms. The van der Waals surface area contributed by atoms with E-state index in [1.165, 1.54) is 6.07 Å². The highest BCUT2D eigenvalue weighted by atomic mass is 31.2. The Labute approximate surface area is 81.9 Å². The molecule has 0 saturated heterocycles. The number of hydrogen-bond acceptors (Lipinski definition) is 4. The Bertz CT molecular complexity index is 300. The summed E-state index contributed by atoms with van der Waals surface area (Å²) < 4.78 is 20.3. The van der Waals surface area contributed by atoms with E-state index in [1.807, 2.05) is 0 Å². The second-order valence-electron chi connectivity index (χ2n) is 2.16. The predicted molar refractivity (Wildman–Crippen MR) is 47.9 cm³/mol. The molecule has 6 nitrogen and oxygen atoms in total. The van der Waals surface area contributed by atoms with Gasteiger partial charge in [-0.15, -0.1) is 0 Å². The number of allylic oxidation sites excluding steroid dienone is 1. The fraction of sp³-hybridized carbons (Fsp3) is 0.571. The van der Waals surface area contributed by atoms with Crippen LogP contribution in [0.1, 0.15) is 13.8 Å². The van der Waals surface area contributed by atoms with Gasteiger partial charge in [-0.05, 0) is 13.8 Å². The Morgan fingerprint density at radius 2 is 1.86 bits per heavy atom. The number of hydrogen-bond donors (Lipinski definition) is 2. The molecule has 0 fully saturated rings. The molecule has 14 heavy (non-hydrogen) atoms.